The normalized spacial score (nSPS) is 10.1. The van der Waals surface area contributed by atoms with Crippen molar-refractivity contribution < 1.29 is 9.21 Å². The van der Waals surface area contributed by atoms with Gasteiger partial charge in [0.25, 0.3) is 5.24 Å². The van der Waals surface area contributed by atoms with Crippen molar-refractivity contribution in [3.05, 3.63) is 48.2 Å². The maximum Gasteiger partial charge on any atom is 0.253 e. The zero-order chi connectivity index (χ0) is 9.97. The van der Waals surface area contributed by atoms with Crippen molar-refractivity contribution in [3.63, 3.8) is 0 Å². The van der Waals surface area contributed by atoms with Gasteiger partial charge in [-0.1, -0.05) is 18.2 Å². The van der Waals surface area contributed by atoms with Gasteiger partial charge in [0, 0.05) is 11.1 Å². The molecule has 0 radical (unpaired) electrons. The Hall–Kier alpha value is -1.54. The number of rotatable bonds is 2. The highest BCUT2D eigenvalue weighted by Gasteiger charge is 2.11. The van der Waals surface area contributed by atoms with Crippen molar-refractivity contribution in [1.82, 2.24) is 0 Å². The SMILES string of the molecule is O=C(Cl)c1ccccc1-c1ccco1. The number of benzene rings is 1. The van der Waals surface area contributed by atoms with Crippen LogP contribution < -0.4 is 0 Å². The molecular formula is C11H7ClO2. The number of carbonyl (C=O) groups is 1. The Bertz CT molecular complexity index is 446. The van der Waals surface area contributed by atoms with Crippen LogP contribution >= 0.6 is 11.6 Å². The molecule has 0 aliphatic rings. The van der Waals surface area contributed by atoms with Crippen molar-refractivity contribution in [1.29, 1.82) is 0 Å². The second-order valence-electron chi connectivity index (χ2n) is 2.80. The van der Waals surface area contributed by atoms with Crippen LogP contribution in [0.25, 0.3) is 11.3 Å². The van der Waals surface area contributed by atoms with Crippen molar-refractivity contribution in [3.8, 4) is 11.3 Å². The highest BCUT2D eigenvalue weighted by atomic mass is 35.5. The minimum atomic E-state index is -0.475. The number of carbonyl (C=O) groups excluding carboxylic acids is 1. The minimum absolute atomic E-state index is 0.462. The summed E-state index contributed by atoms with van der Waals surface area (Å²) < 4.78 is 5.20. The Morgan fingerprint density at radius 3 is 2.57 bits per heavy atom. The van der Waals surface area contributed by atoms with E-state index >= 15 is 0 Å². The lowest BCUT2D eigenvalue weighted by Crippen LogP contribution is -1.91. The summed E-state index contributed by atoms with van der Waals surface area (Å²) in [4.78, 5) is 11.1. The van der Waals surface area contributed by atoms with Crippen molar-refractivity contribution >= 4 is 16.8 Å². The van der Waals surface area contributed by atoms with Crippen molar-refractivity contribution in [2.45, 2.75) is 0 Å². The lowest BCUT2D eigenvalue weighted by molar-refractivity contribution is 0.108. The van der Waals surface area contributed by atoms with E-state index in [1.807, 2.05) is 6.07 Å². The second kappa shape index (κ2) is 3.68. The first kappa shape index (κ1) is 9.03. The van der Waals surface area contributed by atoms with E-state index < -0.39 is 5.24 Å². The predicted octanol–water partition coefficient (Wildman–Crippen LogP) is 3.33. The van der Waals surface area contributed by atoms with Crippen LogP contribution in [0.5, 0.6) is 0 Å². The van der Waals surface area contributed by atoms with Crippen LogP contribution in [0.4, 0.5) is 0 Å². The molecule has 2 rings (SSSR count). The first-order valence-electron chi connectivity index (χ1n) is 4.12. The summed E-state index contributed by atoms with van der Waals surface area (Å²) in [6.45, 7) is 0. The lowest BCUT2D eigenvalue weighted by atomic mass is 10.1. The molecule has 0 saturated heterocycles. The molecule has 0 bridgehead atoms. The number of hydrogen-bond acceptors (Lipinski definition) is 2. The highest BCUT2D eigenvalue weighted by Crippen LogP contribution is 2.24. The van der Waals surface area contributed by atoms with E-state index in [2.05, 4.69) is 0 Å². The summed E-state index contributed by atoms with van der Waals surface area (Å²) >= 11 is 5.44. The molecule has 1 aromatic heterocycles. The van der Waals surface area contributed by atoms with E-state index in [9.17, 15) is 4.79 Å². The third-order valence-electron chi connectivity index (χ3n) is 1.93. The minimum Gasteiger partial charge on any atom is -0.464 e. The second-order valence-corrected chi connectivity index (χ2v) is 3.14. The molecule has 0 aliphatic heterocycles. The summed E-state index contributed by atoms with van der Waals surface area (Å²) in [6.07, 6.45) is 1.56. The molecular weight excluding hydrogens is 200 g/mol. The average Bonchev–Trinajstić information content (AvgIpc) is 2.70. The molecule has 3 heteroatoms. The molecule has 1 aromatic carbocycles. The number of hydrogen-bond donors (Lipinski definition) is 0. The summed E-state index contributed by atoms with van der Waals surface area (Å²) in [5, 5.41) is -0.475. The Kier molecular flexibility index (Phi) is 2.37. The molecule has 0 amide bonds. The average molecular weight is 207 g/mol. The van der Waals surface area contributed by atoms with Crippen molar-refractivity contribution in [2.75, 3.05) is 0 Å². The first-order chi connectivity index (χ1) is 6.79. The standard InChI is InChI=1S/C11H7ClO2/c12-11(13)9-5-2-1-4-8(9)10-6-3-7-14-10/h1-7H. The maximum absolute atomic E-state index is 11.1. The van der Waals surface area contributed by atoms with Gasteiger partial charge in [0.15, 0.2) is 0 Å². The number of halogens is 1. The smallest absolute Gasteiger partial charge is 0.253 e. The van der Waals surface area contributed by atoms with Crippen LogP contribution in [0, 0.1) is 0 Å². The molecule has 0 N–H and O–H groups in total. The van der Waals surface area contributed by atoms with Gasteiger partial charge in [0.05, 0.1) is 6.26 Å². The molecule has 0 atom stereocenters. The summed E-state index contributed by atoms with van der Waals surface area (Å²) in [6, 6.07) is 10.6. The maximum atomic E-state index is 11.1. The molecule has 2 nitrogen and oxygen atoms in total. The van der Waals surface area contributed by atoms with E-state index in [0.29, 0.717) is 11.3 Å². The van der Waals surface area contributed by atoms with Gasteiger partial charge in [-0.25, -0.2) is 0 Å². The molecule has 0 aliphatic carbocycles. The molecule has 0 fully saturated rings. The molecule has 2 aromatic rings. The largest absolute Gasteiger partial charge is 0.464 e. The molecule has 70 valence electrons. The van der Waals surface area contributed by atoms with Gasteiger partial charge >= 0.3 is 0 Å². The Balaban J connectivity index is 2.58. The van der Waals surface area contributed by atoms with Crippen LogP contribution in [-0.2, 0) is 0 Å². The Morgan fingerprint density at radius 1 is 1.14 bits per heavy atom. The van der Waals surface area contributed by atoms with E-state index in [0.717, 1.165) is 5.56 Å². The lowest BCUT2D eigenvalue weighted by Gasteiger charge is -2.01. The van der Waals surface area contributed by atoms with Gasteiger partial charge in [-0.05, 0) is 29.8 Å². The first-order valence-corrected chi connectivity index (χ1v) is 4.49. The van der Waals surface area contributed by atoms with E-state index in [1.165, 1.54) is 0 Å². The Labute approximate surface area is 86.1 Å². The van der Waals surface area contributed by atoms with Crippen LogP contribution in [-0.4, -0.2) is 5.24 Å². The summed E-state index contributed by atoms with van der Waals surface area (Å²) in [5.41, 5.74) is 1.18. The highest BCUT2D eigenvalue weighted by molar-refractivity contribution is 6.68. The Morgan fingerprint density at radius 2 is 1.93 bits per heavy atom. The van der Waals surface area contributed by atoms with Crippen LogP contribution in [0.1, 0.15) is 10.4 Å². The van der Waals surface area contributed by atoms with E-state index in [-0.39, 0.29) is 0 Å². The number of furan rings is 1. The molecule has 0 saturated carbocycles. The zero-order valence-corrected chi connectivity index (χ0v) is 7.99. The summed E-state index contributed by atoms with van der Waals surface area (Å²) in [5.74, 6) is 0.648. The fraction of sp³-hybridized carbons (Fsp3) is 0. The summed E-state index contributed by atoms with van der Waals surface area (Å²) in [7, 11) is 0. The molecule has 14 heavy (non-hydrogen) atoms. The van der Waals surface area contributed by atoms with Gasteiger partial charge in [-0.15, -0.1) is 0 Å². The van der Waals surface area contributed by atoms with Crippen LogP contribution in [0.3, 0.4) is 0 Å². The van der Waals surface area contributed by atoms with E-state index in [1.54, 1.807) is 36.6 Å². The monoisotopic (exact) mass is 206 g/mol. The fourth-order valence-corrected chi connectivity index (χ4v) is 1.47. The van der Waals surface area contributed by atoms with Crippen molar-refractivity contribution in [2.24, 2.45) is 0 Å². The van der Waals surface area contributed by atoms with Gasteiger partial charge in [-0.3, -0.25) is 4.79 Å². The topological polar surface area (TPSA) is 30.2 Å². The zero-order valence-electron chi connectivity index (χ0n) is 7.24. The van der Waals surface area contributed by atoms with Crippen LogP contribution in [0.15, 0.2) is 47.1 Å². The van der Waals surface area contributed by atoms with Crippen LogP contribution in [0.2, 0.25) is 0 Å². The van der Waals surface area contributed by atoms with Gasteiger partial charge in [0.2, 0.25) is 0 Å². The molecule has 0 spiro atoms. The fourth-order valence-electron chi connectivity index (χ4n) is 1.30. The van der Waals surface area contributed by atoms with E-state index in [4.69, 9.17) is 16.0 Å². The third kappa shape index (κ3) is 1.56. The van der Waals surface area contributed by atoms with Gasteiger partial charge < -0.3 is 4.42 Å². The molecule has 1 heterocycles. The third-order valence-corrected chi connectivity index (χ3v) is 2.13. The van der Waals surface area contributed by atoms with Gasteiger partial charge in [0.1, 0.15) is 5.76 Å². The predicted molar refractivity (Wildman–Crippen MR) is 54.3 cm³/mol. The molecule has 0 unspecified atom stereocenters. The van der Waals surface area contributed by atoms with Gasteiger partial charge in [-0.2, -0.15) is 0 Å². The quantitative estimate of drug-likeness (QED) is 0.706.